The second kappa shape index (κ2) is 7.14. The van der Waals surface area contributed by atoms with Gasteiger partial charge in [0.05, 0.1) is 6.42 Å². The van der Waals surface area contributed by atoms with Crippen LogP contribution >= 0.6 is 11.6 Å². The van der Waals surface area contributed by atoms with E-state index in [0.717, 1.165) is 16.3 Å². The van der Waals surface area contributed by atoms with Crippen molar-refractivity contribution in [3.8, 4) is 0 Å². The van der Waals surface area contributed by atoms with Gasteiger partial charge in [-0.15, -0.1) is 0 Å². The minimum atomic E-state index is 0.0187. The second-order valence-corrected chi connectivity index (χ2v) is 5.40. The number of nitrogens with one attached hydrogen (secondary N) is 2. The van der Waals surface area contributed by atoms with E-state index in [4.69, 9.17) is 11.6 Å². The van der Waals surface area contributed by atoms with Crippen LogP contribution in [0.1, 0.15) is 24.1 Å². The van der Waals surface area contributed by atoms with Crippen LogP contribution in [0.3, 0.4) is 0 Å². The SMILES string of the molecule is CNC(=O)Cc1ccc(NC(C)c2ccc(Cl)cc2)cc1. The third-order valence-corrected chi connectivity index (χ3v) is 3.60. The zero-order chi connectivity index (χ0) is 15.2. The highest BCUT2D eigenvalue weighted by Gasteiger charge is 2.06. The summed E-state index contributed by atoms with van der Waals surface area (Å²) in [7, 11) is 1.64. The summed E-state index contributed by atoms with van der Waals surface area (Å²) in [6.07, 6.45) is 0.406. The van der Waals surface area contributed by atoms with E-state index < -0.39 is 0 Å². The van der Waals surface area contributed by atoms with Gasteiger partial charge in [0.15, 0.2) is 0 Å². The topological polar surface area (TPSA) is 41.1 Å². The fourth-order valence-corrected chi connectivity index (χ4v) is 2.20. The number of hydrogen-bond acceptors (Lipinski definition) is 2. The Morgan fingerprint density at radius 2 is 1.71 bits per heavy atom. The summed E-state index contributed by atoms with van der Waals surface area (Å²) in [6, 6.07) is 15.9. The maximum atomic E-state index is 11.3. The maximum absolute atomic E-state index is 11.3. The zero-order valence-corrected chi connectivity index (χ0v) is 12.9. The van der Waals surface area contributed by atoms with E-state index in [0.29, 0.717) is 6.42 Å². The smallest absolute Gasteiger partial charge is 0.224 e. The summed E-state index contributed by atoms with van der Waals surface area (Å²) in [6.45, 7) is 2.10. The number of hydrogen-bond donors (Lipinski definition) is 2. The first-order valence-electron chi connectivity index (χ1n) is 6.90. The van der Waals surface area contributed by atoms with Crippen LogP contribution in [0.2, 0.25) is 5.02 Å². The summed E-state index contributed by atoms with van der Waals surface area (Å²) in [5.74, 6) is 0.0187. The van der Waals surface area contributed by atoms with Crippen molar-refractivity contribution in [2.75, 3.05) is 12.4 Å². The molecule has 4 heteroatoms. The summed E-state index contributed by atoms with van der Waals surface area (Å²) in [5, 5.41) is 6.79. The number of carbonyl (C=O) groups excluding carboxylic acids is 1. The molecule has 0 aliphatic heterocycles. The van der Waals surface area contributed by atoms with E-state index >= 15 is 0 Å². The fourth-order valence-electron chi connectivity index (χ4n) is 2.08. The normalized spacial score (nSPS) is 11.8. The maximum Gasteiger partial charge on any atom is 0.224 e. The van der Waals surface area contributed by atoms with Gasteiger partial charge in [-0.3, -0.25) is 4.79 Å². The van der Waals surface area contributed by atoms with Crippen molar-refractivity contribution < 1.29 is 4.79 Å². The third-order valence-electron chi connectivity index (χ3n) is 3.35. The summed E-state index contributed by atoms with van der Waals surface area (Å²) in [5.41, 5.74) is 3.20. The highest BCUT2D eigenvalue weighted by atomic mass is 35.5. The quantitative estimate of drug-likeness (QED) is 0.882. The Bertz CT molecular complexity index is 593. The molecule has 1 atom stereocenters. The monoisotopic (exact) mass is 302 g/mol. The minimum Gasteiger partial charge on any atom is -0.379 e. The molecule has 0 aliphatic carbocycles. The molecule has 110 valence electrons. The Morgan fingerprint density at radius 3 is 2.29 bits per heavy atom. The lowest BCUT2D eigenvalue weighted by atomic mass is 10.1. The van der Waals surface area contributed by atoms with Crippen LogP contribution in [-0.2, 0) is 11.2 Å². The molecule has 1 unspecified atom stereocenters. The van der Waals surface area contributed by atoms with Gasteiger partial charge in [-0.05, 0) is 42.3 Å². The largest absolute Gasteiger partial charge is 0.379 e. The molecular formula is C17H19ClN2O. The Hall–Kier alpha value is -2.00. The molecule has 0 saturated heterocycles. The van der Waals surface area contributed by atoms with Crippen molar-refractivity contribution in [3.63, 3.8) is 0 Å². The van der Waals surface area contributed by atoms with Crippen LogP contribution in [-0.4, -0.2) is 13.0 Å². The number of rotatable bonds is 5. The number of amides is 1. The Kier molecular flexibility index (Phi) is 5.23. The van der Waals surface area contributed by atoms with E-state index in [2.05, 4.69) is 17.6 Å². The lowest BCUT2D eigenvalue weighted by Crippen LogP contribution is -2.19. The number of halogens is 1. The average Bonchev–Trinajstić information content (AvgIpc) is 2.49. The van der Waals surface area contributed by atoms with Crippen LogP contribution in [0.4, 0.5) is 5.69 Å². The summed E-state index contributed by atoms with van der Waals surface area (Å²) in [4.78, 5) is 11.3. The van der Waals surface area contributed by atoms with Crippen molar-refractivity contribution in [1.82, 2.24) is 5.32 Å². The molecule has 2 rings (SSSR count). The molecule has 2 aromatic carbocycles. The van der Waals surface area contributed by atoms with E-state index in [1.54, 1.807) is 7.05 Å². The first-order chi connectivity index (χ1) is 10.1. The van der Waals surface area contributed by atoms with Crippen molar-refractivity contribution in [2.24, 2.45) is 0 Å². The molecule has 0 saturated carbocycles. The number of anilines is 1. The third kappa shape index (κ3) is 4.50. The lowest BCUT2D eigenvalue weighted by molar-refractivity contribution is -0.119. The van der Waals surface area contributed by atoms with Gasteiger partial charge in [0.2, 0.25) is 5.91 Å². The van der Waals surface area contributed by atoms with E-state index in [1.165, 1.54) is 5.56 Å². The first-order valence-corrected chi connectivity index (χ1v) is 7.28. The second-order valence-electron chi connectivity index (χ2n) is 4.96. The van der Waals surface area contributed by atoms with Gasteiger partial charge in [0, 0.05) is 23.8 Å². The van der Waals surface area contributed by atoms with E-state index in [9.17, 15) is 4.79 Å². The molecule has 0 bridgehead atoms. The predicted molar refractivity (Wildman–Crippen MR) is 87.7 cm³/mol. The first kappa shape index (κ1) is 15.4. The Morgan fingerprint density at radius 1 is 1.10 bits per heavy atom. The molecule has 2 N–H and O–H groups in total. The minimum absolute atomic E-state index is 0.0187. The van der Waals surface area contributed by atoms with E-state index in [-0.39, 0.29) is 11.9 Å². The average molecular weight is 303 g/mol. The molecule has 1 amide bonds. The summed E-state index contributed by atoms with van der Waals surface area (Å²) < 4.78 is 0. The van der Waals surface area contributed by atoms with Gasteiger partial charge in [0.25, 0.3) is 0 Å². The lowest BCUT2D eigenvalue weighted by Gasteiger charge is -2.16. The molecule has 3 nitrogen and oxygen atoms in total. The highest BCUT2D eigenvalue weighted by molar-refractivity contribution is 6.30. The summed E-state index contributed by atoms with van der Waals surface area (Å²) >= 11 is 5.89. The molecular weight excluding hydrogens is 284 g/mol. The van der Waals surface area contributed by atoms with Crippen LogP contribution in [0.15, 0.2) is 48.5 Å². The fraction of sp³-hybridized carbons (Fsp3) is 0.235. The van der Waals surface area contributed by atoms with Gasteiger partial charge in [-0.1, -0.05) is 35.9 Å². The number of benzene rings is 2. The van der Waals surface area contributed by atoms with Crippen LogP contribution in [0.5, 0.6) is 0 Å². The Labute approximate surface area is 130 Å². The van der Waals surface area contributed by atoms with Crippen LogP contribution in [0, 0.1) is 0 Å². The van der Waals surface area contributed by atoms with Gasteiger partial charge >= 0.3 is 0 Å². The molecule has 21 heavy (non-hydrogen) atoms. The highest BCUT2D eigenvalue weighted by Crippen LogP contribution is 2.21. The van der Waals surface area contributed by atoms with Crippen LogP contribution in [0.25, 0.3) is 0 Å². The predicted octanol–water partition coefficient (Wildman–Crippen LogP) is 3.80. The van der Waals surface area contributed by atoms with Crippen molar-refractivity contribution >= 4 is 23.2 Å². The molecule has 0 radical (unpaired) electrons. The van der Waals surface area contributed by atoms with Gasteiger partial charge in [0.1, 0.15) is 0 Å². The van der Waals surface area contributed by atoms with Gasteiger partial charge in [-0.2, -0.15) is 0 Å². The molecule has 0 aromatic heterocycles. The molecule has 0 aliphatic rings. The molecule has 2 aromatic rings. The van der Waals surface area contributed by atoms with Crippen LogP contribution < -0.4 is 10.6 Å². The van der Waals surface area contributed by atoms with E-state index in [1.807, 2.05) is 48.5 Å². The van der Waals surface area contributed by atoms with Crippen molar-refractivity contribution in [1.29, 1.82) is 0 Å². The van der Waals surface area contributed by atoms with Gasteiger partial charge in [-0.25, -0.2) is 0 Å². The number of likely N-dealkylation sites (N-methyl/N-ethyl adjacent to an activating group) is 1. The Balaban J connectivity index is 1.99. The zero-order valence-electron chi connectivity index (χ0n) is 12.2. The molecule has 0 spiro atoms. The standard InChI is InChI=1S/C17H19ClN2O/c1-12(14-5-7-15(18)8-6-14)20-16-9-3-13(4-10-16)11-17(21)19-2/h3-10,12,20H,11H2,1-2H3,(H,19,21). The van der Waals surface area contributed by atoms with Crippen molar-refractivity contribution in [3.05, 3.63) is 64.7 Å². The van der Waals surface area contributed by atoms with Gasteiger partial charge < -0.3 is 10.6 Å². The molecule has 0 fully saturated rings. The number of carbonyl (C=O) groups is 1. The van der Waals surface area contributed by atoms with Crippen molar-refractivity contribution in [2.45, 2.75) is 19.4 Å². The molecule has 0 heterocycles.